The number of rotatable bonds is 3. The van der Waals surface area contributed by atoms with Crippen molar-refractivity contribution in [2.45, 2.75) is 44.3 Å². The maximum Gasteiger partial charge on any atom is 0.223 e. The van der Waals surface area contributed by atoms with E-state index in [1.807, 2.05) is 0 Å². The Bertz CT molecular complexity index is 597. The monoisotopic (exact) mass is 333 g/mol. The van der Waals surface area contributed by atoms with E-state index in [0.717, 1.165) is 57.1 Å². The van der Waals surface area contributed by atoms with Crippen molar-refractivity contribution >= 4 is 17.6 Å². The second-order valence-electron chi connectivity index (χ2n) is 7.33. The summed E-state index contributed by atoms with van der Waals surface area (Å²) < 4.78 is 5.57. The number of ether oxygens (including phenoxy) is 1. The Morgan fingerprint density at radius 1 is 1.12 bits per heavy atom. The highest BCUT2D eigenvalue weighted by molar-refractivity contribution is 5.54. The quantitative estimate of drug-likeness (QED) is 0.854. The number of nitrogens with two attached hydrogens (primary N) is 1. The van der Waals surface area contributed by atoms with E-state index in [9.17, 15) is 5.11 Å². The van der Waals surface area contributed by atoms with E-state index in [0.29, 0.717) is 5.95 Å². The molecule has 1 saturated carbocycles. The van der Waals surface area contributed by atoms with Gasteiger partial charge in [-0.2, -0.15) is 9.97 Å². The van der Waals surface area contributed by atoms with Crippen LogP contribution in [0.2, 0.25) is 0 Å². The first kappa shape index (κ1) is 15.9. The third-order valence-electron chi connectivity index (χ3n) is 6.19. The average molecular weight is 333 g/mol. The molecule has 132 valence electrons. The summed E-state index contributed by atoms with van der Waals surface area (Å²) in [6.45, 7) is 3.82. The molecule has 0 radical (unpaired) electrons. The molecule has 0 unspecified atom stereocenters. The first-order chi connectivity index (χ1) is 11.6. The minimum Gasteiger partial charge on any atom is -0.392 e. The van der Waals surface area contributed by atoms with E-state index in [4.69, 9.17) is 10.5 Å². The summed E-state index contributed by atoms with van der Waals surface area (Å²) in [5, 5.41) is 10.3. The summed E-state index contributed by atoms with van der Waals surface area (Å²) in [5.74, 6) is 2.18. The fourth-order valence-electron chi connectivity index (χ4n) is 4.57. The highest BCUT2D eigenvalue weighted by atomic mass is 16.5. The number of anilines is 3. The topological polar surface area (TPSA) is 87.7 Å². The lowest BCUT2D eigenvalue weighted by Gasteiger charge is -2.56. The summed E-state index contributed by atoms with van der Waals surface area (Å²) in [5.41, 5.74) is 5.89. The zero-order valence-electron chi connectivity index (χ0n) is 14.3. The normalized spacial score (nSPS) is 29.1. The van der Waals surface area contributed by atoms with Gasteiger partial charge in [0.05, 0.1) is 12.2 Å². The third kappa shape index (κ3) is 2.50. The highest BCUT2D eigenvalue weighted by Gasteiger charge is 2.55. The van der Waals surface area contributed by atoms with Crippen molar-refractivity contribution in [3.63, 3.8) is 0 Å². The van der Waals surface area contributed by atoms with E-state index < -0.39 is 0 Å². The van der Waals surface area contributed by atoms with Crippen LogP contribution in [0.3, 0.4) is 0 Å². The zero-order chi connectivity index (χ0) is 16.7. The van der Waals surface area contributed by atoms with Crippen LogP contribution in [0.15, 0.2) is 6.07 Å². The number of hydrogen-bond acceptors (Lipinski definition) is 7. The number of piperidine rings is 1. The van der Waals surface area contributed by atoms with Gasteiger partial charge in [0.2, 0.25) is 5.95 Å². The molecule has 4 rings (SSSR count). The van der Waals surface area contributed by atoms with Crippen LogP contribution in [0.4, 0.5) is 17.6 Å². The molecule has 2 aliphatic heterocycles. The molecule has 3 fully saturated rings. The molecule has 1 aliphatic carbocycles. The van der Waals surface area contributed by atoms with Gasteiger partial charge in [0.1, 0.15) is 11.6 Å². The minimum absolute atomic E-state index is 0.0678. The lowest BCUT2D eigenvalue weighted by atomic mass is 9.58. The smallest absolute Gasteiger partial charge is 0.223 e. The van der Waals surface area contributed by atoms with Crippen LogP contribution < -0.4 is 15.5 Å². The summed E-state index contributed by atoms with van der Waals surface area (Å²) in [6.07, 6.45) is 4.98. The molecule has 0 bridgehead atoms. The molecule has 1 aromatic rings. The van der Waals surface area contributed by atoms with Gasteiger partial charge in [0, 0.05) is 51.2 Å². The third-order valence-corrected chi connectivity index (χ3v) is 6.19. The number of nitrogen functional groups attached to an aromatic ring is 1. The van der Waals surface area contributed by atoms with E-state index in [1.54, 1.807) is 7.11 Å². The van der Waals surface area contributed by atoms with Gasteiger partial charge in [-0.25, -0.2) is 0 Å². The zero-order valence-corrected chi connectivity index (χ0v) is 14.3. The Kier molecular flexibility index (Phi) is 4.00. The molecule has 24 heavy (non-hydrogen) atoms. The van der Waals surface area contributed by atoms with E-state index in [-0.39, 0.29) is 17.6 Å². The Morgan fingerprint density at radius 3 is 2.25 bits per heavy atom. The number of aliphatic hydroxyl groups excluding tert-OH is 1. The molecule has 2 atom stereocenters. The van der Waals surface area contributed by atoms with Gasteiger partial charge in [-0.05, 0) is 25.7 Å². The maximum atomic E-state index is 10.3. The molecule has 0 aromatic carbocycles. The molecule has 7 nitrogen and oxygen atoms in total. The van der Waals surface area contributed by atoms with Crippen molar-refractivity contribution in [1.29, 1.82) is 0 Å². The predicted octanol–water partition coefficient (Wildman–Crippen LogP) is 1.03. The van der Waals surface area contributed by atoms with Gasteiger partial charge in [0.25, 0.3) is 0 Å². The van der Waals surface area contributed by atoms with Gasteiger partial charge in [-0.1, -0.05) is 0 Å². The van der Waals surface area contributed by atoms with Crippen molar-refractivity contribution in [3.8, 4) is 0 Å². The lowest BCUT2D eigenvalue weighted by molar-refractivity contribution is -0.190. The molecular weight excluding hydrogens is 306 g/mol. The Balaban J connectivity index is 1.49. The van der Waals surface area contributed by atoms with Crippen molar-refractivity contribution < 1.29 is 9.84 Å². The van der Waals surface area contributed by atoms with Crippen LogP contribution >= 0.6 is 0 Å². The standard InChI is InChI=1S/C17H27N5O2/c1-24-13-10-12(23)17(13)4-8-22(9-5-17)15-11-14(19-16(18)20-15)21-6-2-3-7-21/h11-13,23H,2-10H2,1H3,(H2,18,19,20)/t12-,13+/m1/s1. The van der Waals surface area contributed by atoms with Crippen LogP contribution in [0, 0.1) is 5.41 Å². The molecular formula is C17H27N5O2. The summed E-state index contributed by atoms with van der Waals surface area (Å²) in [6, 6.07) is 2.06. The van der Waals surface area contributed by atoms with Crippen LogP contribution in [0.5, 0.6) is 0 Å². The Hall–Kier alpha value is -1.60. The molecule has 3 heterocycles. The molecule has 3 N–H and O–H groups in total. The van der Waals surface area contributed by atoms with Crippen molar-refractivity contribution in [3.05, 3.63) is 6.07 Å². The average Bonchev–Trinajstić information content (AvgIpc) is 3.13. The number of methoxy groups -OCH3 is 1. The van der Waals surface area contributed by atoms with Crippen LogP contribution in [-0.4, -0.2) is 60.6 Å². The van der Waals surface area contributed by atoms with Crippen LogP contribution in [0.1, 0.15) is 32.1 Å². The molecule has 2 saturated heterocycles. The lowest BCUT2D eigenvalue weighted by Crippen LogP contribution is -2.62. The minimum atomic E-state index is -0.236. The van der Waals surface area contributed by atoms with Gasteiger partial charge < -0.3 is 25.4 Å². The van der Waals surface area contributed by atoms with Crippen molar-refractivity contribution in [2.24, 2.45) is 5.41 Å². The fourth-order valence-corrected chi connectivity index (χ4v) is 4.57. The molecule has 3 aliphatic rings. The molecule has 1 spiro atoms. The van der Waals surface area contributed by atoms with E-state index in [2.05, 4.69) is 25.8 Å². The summed E-state index contributed by atoms with van der Waals surface area (Å²) in [4.78, 5) is 13.4. The summed E-state index contributed by atoms with van der Waals surface area (Å²) in [7, 11) is 1.75. The van der Waals surface area contributed by atoms with Gasteiger partial charge in [-0.15, -0.1) is 0 Å². The van der Waals surface area contributed by atoms with E-state index in [1.165, 1.54) is 12.8 Å². The first-order valence-corrected chi connectivity index (χ1v) is 8.98. The SMILES string of the molecule is CO[C@H]1C[C@@H](O)C12CCN(c1cc(N3CCCC3)nc(N)n1)CC2. The number of hydrogen-bond donors (Lipinski definition) is 2. The Morgan fingerprint density at radius 2 is 1.71 bits per heavy atom. The second-order valence-corrected chi connectivity index (χ2v) is 7.33. The molecule has 0 amide bonds. The Labute approximate surface area is 142 Å². The van der Waals surface area contributed by atoms with Gasteiger partial charge in [-0.3, -0.25) is 0 Å². The van der Waals surface area contributed by atoms with Gasteiger partial charge in [0.15, 0.2) is 0 Å². The van der Waals surface area contributed by atoms with Crippen molar-refractivity contribution in [1.82, 2.24) is 9.97 Å². The number of aliphatic hydroxyl groups is 1. The predicted molar refractivity (Wildman–Crippen MR) is 93.2 cm³/mol. The van der Waals surface area contributed by atoms with Crippen LogP contribution in [0.25, 0.3) is 0 Å². The van der Waals surface area contributed by atoms with Gasteiger partial charge >= 0.3 is 0 Å². The van der Waals surface area contributed by atoms with Crippen LogP contribution in [-0.2, 0) is 4.74 Å². The highest BCUT2D eigenvalue weighted by Crippen LogP contribution is 2.51. The largest absolute Gasteiger partial charge is 0.392 e. The molecule has 1 aromatic heterocycles. The van der Waals surface area contributed by atoms with Crippen molar-refractivity contribution in [2.75, 3.05) is 48.8 Å². The molecule has 7 heteroatoms. The number of aromatic nitrogens is 2. The fraction of sp³-hybridized carbons (Fsp3) is 0.765. The first-order valence-electron chi connectivity index (χ1n) is 8.98. The second kappa shape index (κ2) is 6.04. The maximum absolute atomic E-state index is 10.3. The number of nitrogens with zero attached hydrogens (tertiary/aromatic N) is 4. The summed E-state index contributed by atoms with van der Waals surface area (Å²) >= 11 is 0. The van der Waals surface area contributed by atoms with E-state index >= 15 is 0 Å².